The molecule has 2 aromatic heterocycles. The molecule has 1 aromatic carbocycles. The van der Waals surface area contributed by atoms with Gasteiger partial charge in [0, 0.05) is 29.8 Å². The molecule has 0 saturated heterocycles. The molecule has 5 nitrogen and oxygen atoms in total. The average molecular weight is 390 g/mol. The molecule has 2 heterocycles. The molecule has 0 spiro atoms. The van der Waals surface area contributed by atoms with Gasteiger partial charge in [-0.15, -0.1) is 10.2 Å². The van der Waals surface area contributed by atoms with E-state index in [9.17, 15) is 0 Å². The third-order valence-corrected chi connectivity index (χ3v) is 6.45. The van der Waals surface area contributed by atoms with Gasteiger partial charge in [0.2, 0.25) is 0 Å². The minimum atomic E-state index is 0.419. The van der Waals surface area contributed by atoms with Gasteiger partial charge in [0.25, 0.3) is 0 Å². The van der Waals surface area contributed by atoms with Crippen LogP contribution in [0.3, 0.4) is 0 Å². The molecular formula is C22H23N5S. The summed E-state index contributed by atoms with van der Waals surface area (Å²) in [5, 5.41) is 19.0. The Morgan fingerprint density at radius 2 is 1.96 bits per heavy atom. The fraction of sp³-hybridized carbons (Fsp3) is 0.364. The second-order valence-corrected chi connectivity index (χ2v) is 8.29. The van der Waals surface area contributed by atoms with Crippen LogP contribution in [-0.4, -0.2) is 19.7 Å². The van der Waals surface area contributed by atoms with Crippen molar-refractivity contribution in [2.75, 3.05) is 0 Å². The van der Waals surface area contributed by atoms with Gasteiger partial charge >= 0.3 is 0 Å². The zero-order valence-electron chi connectivity index (χ0n) is 16.0. The molecule has 0 N–H and O–H groups in total. The lowest BCUT2D eigenvalue weighted by Gasteiger charge is -2.31. The van der Waals surface area contributed by atoms with Crippen LogP contribution in [0.15, 0.2) is 53.9 Å². The van der Waals surface area contributed by atoms with Crippen LogP contribution < -0.4 is 0 Å². The molecule has 0 amide bonds. The number of nitrogens with zero attached hydrogens (tertiary/aromatic N) is 5. The predicted molar refractivity (Wildman–Crippen MR) is 111 cm³/mol. The van der Waals surface area contributed by atoms with E-state index in [-0.39, 0.29) is 0 Å². The van der Waals surface area contributed by atoms with Gasteiger partial charge in [0.15, 0.2) is 11.0 Å². The summed E-state index contributed by atoms with van der Waals surface area (Å²) in [5.41, 5.74) is 2.88. The Morgan fingerprint density at radius 1 is 1.14 bits per heavy atom. The number of pyridine rings is 1. The zero-order valence-corrected chi connectivity index (χ0v) is 16.8. The Morgan fingerprint density at radius 3 is 2.68 bits per heavy atom. The second-order valence-electron chi connectivity index (χ2n) is 7.34. The molecule has 28 heavy (non-hydrogen) atoms. The summed E-state index contributed by atoms with van der Waals surface area (Å²) in [6, 6.07) is 14.3. The maximum Gasteiger partial charge on any atom is 0.192 e. The minimum Gasteiger partial charge on any atom is -0.299 e. The summed E-state index contributed by atoms with van der Waals surface area (Å²) in [5.74, 6) is 2.32. The molecule has 1 aliphatic carbocycles. The van der Waals surface area contributed by atoms with Crippen molar-refractivity contribution < 1.29 is 0 Å². The third-order valence-electron chi connectivity index (χ3n) is 5.43. The number of thioether (sulfide) groups is 1. The molecule has 0 bridgehead atoms. The quantitative estimate of drug-likeness (QED) is 0.557. The van der Waals surface area contributed by atoms with Crippen molar-refractivity contribution in [3.05, 3.63) is 59.9 Å². The number of hydrogen-bond donors (Lipinski definition) is 0. The molecule has 2 atom stereocenters. The number of benzene rings is 1. The SMILES string of the molecule is CC1CCCCC1n1c(SCc2ccc(C#N)cc2)nnc1-c1cccnc1. The third kappa shape index (κ3) is 3.95. The predicted octanol–water partition coefficient (Wildman–Crippen LogP) is 5.26. The normalized spacial score (nSPS) is 19.3. The molecule has 142 valence electrons. The first-order valence-corrected chi connectivity index (χ1v) is 10.7. The number of hydrogen-bond acceptors (Lipinski definition) is 5. The van der Waals surface area contributed by atoms with E-state index in [0.717, 1.165) is 28.7 Å². The van der Waals surface area contributed by atoms with E-state index in [2.05, 4.69) is 38.8 Å². The molecule has 3 aromatic rings. The summed E-state index contributed by atoms with van der Waals surface area (Å²) in [7, 11) is 0. The lowest BCUT2D eigenvalue weighted by Crippen LogP contribution is -2.22. The first-order valence-electron chi connectivity index (χ1n) is 9.73. The lowest BCUT2D eigenvalue weighted by atomic mass is 9.85. The van der Waals surface area contributed by atoms with E-state index >= 15 is 0 Å². The van der Waals surface area contributed by atoms with Gasteiger partial charge in [0.1, 0.15) is 0 Å². The fourth-order valence-corrected chi connectivity index (χ4v) is 4.82. The van der Waals surface area contributed by atoms with Gasteiger partial charge in [-0.1, -0.05) is 43.7 Å². The standard InChI is InChI=1S/C22H23N5S/c1-16-5-2-3-7-20(16)27-21(19-6-4-12-24-14-19)25-26-22(27)28-15-18-10-8-17(13-23)9-11-18/h4,6,8-12,14,16,20H,2-3,5,7,15H2,1H3. The van der Waals surface area contributed by atoms with E-state index in [0.29, 0.717) is 17.5 Å². The molecule has 4 rings (SSSR count). The van der Waals surface area contributed by atoms with Crippen LogP contribution in [0.4, 0.5) is 0 Å². The summed E-state index contributed by atoms with van der Waals surface area (Å²) >= 11 is 1.71. The highest BCUT2D eigenvalue weighted by atomic mass is 32.2. The highest BCUT2D eigenvalue weighted by Gasteiger charge is 2.28. The van der Waals surface area contributed by atoms with Crippen LogP contribution >= 0.6 is 11.8 Å². The lowest BCUT2D eigenvalue weighted by molar-refractivity contribution is 0.247. The van der Waals surface area contributed by atoms with Crippen LogP contribution in [0, 0.1) is 17.2 Å². The van der Waals surface area contributed by atoms with E-state index in [4.69, 9.17) is 5.26 Å². The summed E-state index contributed by atoms with van der Waals surface area (Å²) in [4.78, 5) is 4.27. The van der Waals surface area contributed by atoms with Crippen molar-refractivity contribution in [1.29, 1.82) is 5.26 Å². The summed E-state index contributed by atoms with van der Waals surface area (Å²) in [6.45, 7) is 2.34. The van der Waals surface area contributed by atoms with Crippen LogP contribution in [0.1, 0.15) is 49.8 Å². The number of rotatable bonds is 5. The van der Waals surface area contributed by atoms with Crippen LogP contribution in [-0.2, 0) is 5.75 Å². The Balaban J connectivity index is 1.64. The molecule has 1 saturated carbocycles. The largest absolute Gasteiger partial charge is 0.299 e. The number of aromatic nitrogens is 4. The first-order chi connectivity index (χ1) is 13.8. The maximum atomic E-state index is 8.97. The first kappa shape index (κ1) is 18.7. The van der Waals surface area contributed by atoms with Crippen molar-refractivity contribution in [3.63, 3.8) is 0 Å². The maximum absolute atomic E-state index is 8.97. The molecule has 2 unspecified atom stereocenters. The van der Waals surface area contributed by atoms with Gasteiger partial charge in [-0.2, -0.15) is 5.26 Å². The minimum absolute atomic E-state index is 0.419. The highest BCUT2D eigenvalue weighted by Crippen LogP contribution is 2.39. The molecule has 1 fully saturated rings. The Kier molecular flexibility index (Phi) is 5.73. The van der Waals surface area contributed by atoms with Crippen LogP contribution in [0.25, 0.3) is 11.4 Å². The summed E-state index contributed by atoms with van der Waals surface area (Å²) in [6.07, 6.45) is 8.61. The summed E-state index contributed by atoms with van der Waals surface area (Å²) < 4.78 is 2.34. The monoisotopic (exact) mass is 389 g/mol. The molecule has 0 aliphatic heterocycles. The highest BCUT2D eigenvalue weighted by molar-refractivity contribution is 7.98. The molecule has 6 heteroatoms. The Labute approximate surface area is 169 Å². The topological polar surface area (TPSA) is 67.4 Å². The van der Waals surface area contributed by atoms with Crippen molar-refractivity contribution in [2.24, 2.45) is 5.92 Å². The van der Waals surface area contributed by atoms with Crippen LogP contribution in [0.2, 0.25) is 0 Å². The van der Waals surface area contributed by atoms with Gasteiger partial charge in [-0.25, -0.2) is 0 Å². The van der Waals surface area contributed by atoms with Crippen molar-refractivity contribution in [2.45, 2.75) is 49.6 Å². The molecular weight excluding hydrogens is 366 g/mol. The average Bonchev–Trinajstić information content (AvgIpc) is 3.17. The van der Waals surface area contributed by atoms with Crippen molar-refractivity contribution in [3.8, 4) is 17.5 Å². The van der Waals surface area contributed by atoms with Crippen molar-refractivity contribution in [1.82, 2.24) is 19.7 Å². The van der Waals surface area contributed by atoms with Gasteiger partial charge < -0.3 is 0 Å². The van der Waals surface area contributed by atoms with E-state index < -0.39 is 0 Å². The fourth-order valence-electron chi connectivity index (χ4n) is 3.87. The Hall–Kier alpha value is -2.65. The van der Waals surface area contributed by atoms with Gasteiger partial charge in [0.05, 0.1) is 11.6 Å². The van der Waals surface area contributed by atoms with Crippen LogP contribution in [0.5, 0.6) is 0 Å². The van der Waals surface area contributed by atoms with Gasteiger partial charge in [-0.05, 0) is 48.6 Å². The zero-order chi connectivity index (χ0) is 19.3. The smallest absolute Gasteiger partial charge is 0.192 e. The van der Waals surface area contributed by atoms with E-state index in [1.807, 2.05) is 36.5 Å². The molecule has 1 aliphatic rings. The Bertz CT molecular complexity index is 959. The molecule has 0 radical (unpaired) electrons. The van der Waals surface area contributed by atoms with Crippen molar-refractivity contribution >= 4 is 11.8 Å². The van der Waals surface area contributed by atoms with E-state index in [1.54, 1.807) is 18.0 Å². The van der Waals surface area contributed by atoms with E-state index in [1.165, 1.54) is 24.8 Å². The number of nitriles is 1. The van der Waals surface area contributed by atoms with Gasteiger partial charge in [-0.3, -0.25) is 9.55 Å². The second kappa shape index (κ2) is 8.57.